The fourth-order valence-corrected chi connectivity index (χ4v) is 6.00. The summed E-state index contributed by atoms with van der Waals surface area (Å²) in [4.78, 5) is 47.8. The number of aromatic nitrogens is 1. The summed E-state index contributed by atoms with van der Waals surface area (Å²) in [7, 11) is 0. The minimum Gasteiger partial charge on any atom is -0.352 e. The van der Waals surface area contributed by atoms with E-state index in [-0.39, 0.29) is 17.3 Å². The van der Waals surface area contributed by atoms with E-state index in [0.717, 1.165) is 16.8 Å². The molecular formula is C27H20N2O3. The fraction of sp³-hybridized carbons (Fsp3) is 0.185. The maximum absolute atomic E-state index is 14.1. The third-order valence-electron chi connectivity index (χ3n) is 7.17. The molecule has 0 bridgehead atoms. The van der Waals surface area contributed by atoms with E-state index in [1.54, 1.807) is 49.6 Å². The third-order valence-corrected chi connectivity index (χ3v) is 7.17. The first-order chi connectivity index (χ1) is 15.6. The van der Waals surface area contributed by atoms with Gasteiger partial charge in [0.25, 0.3) is 0 Å². The van der Waals surface area contributed by atoms with Gasteiger partial charge in [0.1, 0.15) is 5.41 Å². The van der Waals surface area contributed by atoms with Gasteiger partial charge in [-0.2, -0.15) is 0 Å². The van der Waals surface area contributed by atoms with E-state index in [0.29, 0.717) is 11.1 Å². The maximum Gasteiger partial charge on any atom is 0.180 e. The molecule has 0 saturated carbocycles. The van der Waals surface area contributed by atoms with Crippen molar-refractivity contribution in [1.82, 2.24) is 4.98 Å². The van der Waals surface area contributed by atoms with Crippen LogP contribution >= 0.6 is 0 Å². The summed E-state index contributed by atoms with van der Waals surface area (Å²) in [6.07, 6.45) is 7.23. The highest BCUT2D eigenvalue weighted by molar-refractivity contribution is 6.32. The van der Waals surface area contributed by atoms with E-state index in [9.17, 15) is 14.4 Å². The van der Waals surface area contributed by atoms with E-state index < -0.39 is 23.4 Å². The van der Waals surface area contributed by atoms with Crippen LogP contribution in [0.5, 0.6) is 0 Å². The summed E-state index contributed by atoms with van der Waals surface area (Å²) >= 11 is 0. The lowest BCUT2D eigenvalue weighted by molar-refractivity contribution is -0.118. The Bertz CT molecular complexity index is 1290. The second-order valence-electron chi connectivity index (χ2n) is 8.66. The number of para-hydroxylation sites is 1. The molecule has 0 unspecified atom stereocenters. The molecule has 32 heavy (non-hydrogen) atoms. The molecule has 0 radical (unpaired) electrons. The number of anilines is 1. The largest absolute Gasteiger partial charge is 0.352 e. The molecule has 1 spiro atoms. The fourth-order valence-electron chi connectivity index (χ4n) is 6.00. The van der Waals surface area contributed by atoms with E-state index in [4.69, 9.17) is 0 Å². The lowest BCUT2D eigenvalue weighted by atomic mass is 9.64. The highest BCUT2D eigenvalue weighted by atomic mass is 16.2. The van der Waals surface area contributed by atoms with Crippen molar-refractivity contribution in [2.24, 2.45) is 5.41 Å². The van der Waals surface area contributed by atoms with Crippen molar-refractivity contribution < 1.29 is 14.4 Å². The van der Waals surface area contributed by atoms with Gasteiger partial charge in [-0.1, -0.05) is 60.7 Å². The molecule has 6 rings (SSSR count). The average Bonchev–Trinajstić information content (AvgIpc) is 3.27. The first-order valence-corrected chi connectivity index (χ1v) is 10.7. The van der Waals surface area contributed by atoms with Gasteiger partial charge in [-0.05, 0) is 30.2 Å². The van der Waals surface area contributed by atoms with Crippen molar-refractivity contribution in [1.29, 1.82) is 0 Å². The summed E-state index contributed by atoms with van der Waals surface area (Å²) in [6, 6.07) is 17.2. The second-order valence-corrected chi connectivity index (χ2v) is 8.66. The Morgan fingerprint density at radius 3 is 2.28 bits per heavy atom. The van der Waals surface area contributed by atoms with E-state index in [1.807, 2.05) is 47.4 Å². The smallest absolute Gasteiger partial charge is 0.180 e. The molecule has 156 valence electrons. The number of hydrogen-bond donors (Lipinski definition) is 0. The number of ketones is 3. The first kappa shape index (κ1) is 18.9. The van der Waals surface area contributed by atoms with E-state index in [2.05, 4.69) is 4.98 Å². The Morgan fingerprint density at radius 2 is 1.62 bits per heavy atom. The van der Waals surface area contributed by atoms with Gasteiger partial charge in [0.05, 0.1) is 12.1 Å². The highest BCUT2D eigenvalue weighted by Crippen LogP contribution is 2.60. The molecule has 1 fully saturated rings. The summed E-state index contributed by atoms with van der Waals surface area (Å²) in [5.41, 5.74) is 2.00. The Kier molecular flexibility index (Phi) is 3.87. The molecule has 2 aliphatic heterocycles. The van der Waals surface area contributed by atoms with Gasteiger partial charge in [0.2, 0.25) is 0 Å². The number of carbonyl (C=O) groups excluding carboxylic acids is 3. The molecule has 5 heteroatoms. The first-order valence-electron chi connectivity index (χ1n) is 10.7. The topological polar surface area (TPSA) is 67.3 Å². The van der Waals surface area contributed by atoms with Crippen molar-refractivity contribution >= 4 is 29.1 Å². The van der Waals surface area contributed by atoms with Crippen LogP contribution in [0.2, 0.25) is 0 Å². The zero-order valence-corrected chi connectivity index (χ0v) is 17.4. The zero-order chi connectivity index (χ0) is 22.0. The molecule has 1 aliphatic carbocycles. The number of rotatable bonds is 2. The zero-order valence-electron chi connectivity index (χ0n) is 17.4. The van der Waals surface area contributed by atoms with Crippen LogP contribution in [0, 0.1) is 5.41 Å². The van der Waals surface area contributed by atoms with Crippen LogP contribution < -0.4 is 4.90 Å². The molecule has 0 amide bonds. The number of carbonyl (C=O) groups is 3. The SMILES string of the molecule is CC(=O)[C@@H]1[C@@H](c2cccnc2)C2(C(=O)c3ccccc3C2=O)[C@H]2C=Cc3ccccc3N12. The van der Waals surface area contributed by atoms with Gasteiger partial charge in [-0.3, -0.25) is 19.4 Å². The van der Waals surface area contributed by atoms with Crippen molar-refractivity contribution in [3.8, 4) is 0 Å². The molecule has 1 aromatic heterocycles. The van der Waals surface area contributed by atoms with Gasteiger partial charge < -0.3 is 4.90 Å². The maximum atomic E-state index is 14.1. The number of Topliss-reactive ketones (excluding diaryl/α,β-unsaturated/α-hetero) is 3. The number of benzene rings is 2. The van der Waals surface area contributed by atoms with Crippen LogP contribution in [-0.2, 0) is 4.79 Å². The van der Waals surface area contributed by atoms with Gasteiger partial charge in [-0.25, -0.2) is 0 Å². The highest BCUT2D eigenvalue weighted by Gasteiger charge is 2.71. The standard InChI is InChI=1S/C27H20N2O3/c1-16(30)24-23(18-8-6-14-28-15-18)27(25(31)19-9-3-4-10-20(19)26(27)32)22-13-12-17-7-2-5-11-21(17)29(22)24/h2-15,22-24H,1H3/t22-,23-,24-/m1/s1. The molecule has 2 aromatic carbocycles. The summed E-state index contributed by atoms with van der Waals surface area (Å²) < 4.78 is 0. The van der Waals surface area contributed by atoms with Crippen LogP contribution in [0.15, 0.2) is 79.1 Å². The van der Waals surface area contributed by atoms with E-state index >= 15 is 0 Å². The monoisotopic (exact) mass is 420 g/mol. The van der Waals surface area contributed by atoms with E-state index in [1.165, 1.54) is 0 Å². The summed E-state index contributed by atoms with van der Waals surface area (Å²) in [6.45, 7) is 1.54. The molecule has 5 nitrogen and oxygen atoms in total. The molecule has 0 N–H and O–H groups in total. The Hall–Kier alpha value is -3.86. The Morgan fingerprint density at radius 1 is 0.938 bits per heavy atom. The van der Waals surface area contributed by atoms with Crippen LogP contribution in [0.4, 0.5) is 5.69 Å². The van der Waals surface area contributed by atoms with Gasteiger partial charge in [-0.15, -0.1) is 0 Å². The molecule has 1 saturated heterocycles. The quantitative estimate of drug-likeness (QED) is 0.584. The normalized spacial score (nSPS) is 24.4. The lowest BCUT2D eigenvalue weighted by Gasteiger charge is -2.37. The minimum atomic E-state index is -1.42. The van der Waals surface area contributed by atoms with Crippen molar-refractivity contribution in [2.45, 2.75) is 24.9 Å². The molecule has 3 atom stereocenters. The molecule has 3 aliphatic rings. The predicted octanol–water partition coefficient (Wildman–Crippen LogP) is 4.10. The average molecular weight is 420 g/mol. The molecular weight excluding hydrogens is 400 g/mol. The Labute approximate surface area is 185 Å². The molecule has 3 aromatic rings. The summed E-state index contributed by atoms with van der Waals surface area (Å²) in [5.74, 6) is -1.16. The molecule has 3 heterocycles. The van der Waals surface area contributed by atoms with Crippen LogP contribution in [0.1, 0.15) is 44.7 Å². The summed E-state index contributed by atoms with van der Waals surface area (Å²) in [5, 5.41) is 0. The number of nitrogens with zero attached hydrogens (tertiary/aromatic N) is 2. The van der Waals surface area contributed by atoms with Crippen molar-refractivity contribution in [2.75, 3.05) is 4.90 Å². The van der Waals surface area contributed by atoms with Crippen LogP contribution in [0.3, 0.4) is 0 Å². The second kappa shape index (κ2) is 6.57. The van der Waals surface area contributed by atoms with Gasteiger partial charge in [0, 0.05) is 35.1 Å². The third kappa shape index (κ3) is 2.18. The number of pyridine rings is 1. The minimum absolute atomic E-state index is 0.0811. The lowest BCUT2D eigenvalue weighted by Crippen LogP contribution is -2.48. The van der Waals surface area contributed by atoms with Gasteiger partial charge >= 0.3 is 0 Å². The van der Waals surface area contributed by atoms with Gasteiger partial charge in [0.15, 0.2) is 17.3 Å². The van der Waals surface area contributed by atoms with Crippen molar-refractivity contribution in [3.05, 3.63) is 101 Å². The Balaban J connectivity index is 1.69. The van der Waals surface area contributed by atoms with Crippen molar-refractivity contribution in [3.63, 3.8) is 0 Å². The van der Waals surface area contributed by atoms with Crippen LogP contribution in [0.25, 0.3) is 6.08 Å². The number of fused-ring (bicyclic) bond motifs is 5. The number of hydrogen-bond acceptors (Lipinski definition) is 5. The van der Waals surface area contributed by atoms with Crippen LogP contribution in [-0.4, -0.2) is 34.4 Å². The predicted molar refractivity (Wildman–Crippen MR) is 121 cm³/mol.